The largest absolute Gasteiger partial charge is 0.371 e. The van der Waals surface area contributed by atoms with Crippen molar-refractivity contribution in [3.63, 3.8) is 0 Å². The molecule has 0 aliphatic heterocycles. The van der Waals surface area contributed by atoms with Gasteiger partial charge >= 0.3 is 15.2 Å². The highest BCUT2D eigenvalue weighted by Gasteiger charge is 2.59. The Labute approximate surface area is 137 Å². The molecule has 0 unspecified atom stereocenters. The summed E-state index contributed by atoms with van der Waals surface area (Å²) in [5.74, 6) is 0. The monoisotopic (exact) mass is 376 g/mol. The number of aromatic nitrogens is 2. The number of nitrogens with zero attached hydrogens (tertiary/aromatic N) is 2. The van der Waals surface area contributed by atoms with Crippen LogP contribution in [-0.2, 0) is 28.5 Å². The third-order valence-corrected chi connectivity index (χ3v) is 7.24. The Balaban J connectivity index is 2.12. The number of imidazole rings is 1. The zero-order chi connectivity index (χ0) is 18.0. The van der Waals surface area contributed by atoms with E-state index in [9.17, 15) is 14.2 Å². The maximum Gasteiger partial charge on any atom is 0.371 e. The first-order valence-corrected chi connectivity index (χ1v) is 10.1. The maximum atomic E-state index is 11.3. The summed E-state index contributed by atoms with van der Waals surface area (Å²) in [6, 6.07) is 9.57. The molecule has 0 aliphatic rings. The van der Waals surface area contributed by atoms with Crippen molar-refractivity contribution >= 4 is 15.2 Å². The Morgan fingerprint density at radius 3 is 2.12 bits per heavy atom. The van der Waals surface area contributed by atoms with Gasteiger partial charge in [-0.1, -0.05) is 30.3 Å². The molecule has 0 atom stereocenters. The molecule has 11 heteroatoms. The molecule has 0 radical (unpaired) electrons. The van der Waals surface area contributed by atoms with Crippen molar-refractivity contribution in [2.45, 2.75) is 24.5 Å². The van der Waals surface area contributed by atoms with Crippen LogP contribution in [0.15, 0.2) is 42.9 Å². The summed E-state index contributed by atoms with van der Waals surface area (Å²) in [5.41, 5.74) is 1.65. The van der Waals surface area contributed by atoms with Gasteiger partial charge in [-0.05, 0) is 18.4 Å². The second-order valence-electron chi connectivity index (χ2n) is 5.39. The van der Waals surface area contributed by atoms with E-state index in [1.165, 1.54) is 6.20 Å². The molecule has 1 aromatic heterocycles. The lowest BCUT2D eigenvalue weighted by Gasteiger charge is -2.29. The minimum absolute atomic E-state index is 0.529. The quantitative estimate of drug-likeness (QED) is 0.442. The van der Waals surface area contributed by atoms with Crippen LogP contribution in [0, 0.1) is 0 Å². The van der Waals surface area contributed by atoms with E-state index in [4.69, 9.17) is 19.6 Å². The van der Waals surface area contributed by atoms with Crippen molar-refractivity contribution in [1.29, 1.82) is 0 Å². The van der Waals surface area contributed by atoms with Gasteiger partial charge in [0.15, 0.2) is 0 Å². The van der Waals surface area contributed by atoms with Crippen LogP contribution in [0.2, 0.25) is 0 Å². The van der Waals surface area contributed by atoms with Gasteiger partial charge in [-0.3, -0.25) is 9.13 Å². The van der Waals surface area contributed by atoms with Gasteiger partial charge in [0, 0.05) is 6.20 Å². The van der Waals surface area contributed by atoms with Crippen molar-refractivity contribution in [2.75, 3.05) is 0 Å². The Kier molecular flexibility index (Phi) is 5.47. The van der Waals surface area contributed by atoms with Crippen molar-refractivity contribution in [1.82, 2.24) is 9.55 Å². The first-order valence-electron chi connectivity index (χ1n) is 6.91. The highest BCUT2D eigenvalue weighted by molar-refractivity contribution is 7.72. The zero-order valence-electron chi connectivity index (χ0n) is 12.5. The molecule has 1 heterocycles. The van der Waals surface area contributed by atoms with Crippen molar-refractivity contribution in [2.24, 2.45) is 0 Å². The molecule has 0 fully saturated rings. The van der Waals surface area contributed by atoms with Crippen LogP contribution in [0.4, 0.5) is 0 Å². The number of hydrogen-bond donors (Lipinski definition) is 5. The molecule has 2 aromatic rings. The van der Waals surface area contributed by atoms with Gasteiger partial charge in [-0.15, -0.1) is 0 Å². The van der Waals surface area contributed by atoms with Gasteiger partial charge < -0.3 is 29.2 Å². The highest BCUT2D eigenvalue weighted by Crippen LogP contribution is 2.67. The van der Waals surface area contributed by atoms with Gasteiger partial charge in [0.2, 0.25) is 0 Å². The maximum absolute atomic E-state index is 11.3. The summed E-state index contributed by atoms with van der Waals surface area (Å²) in [4.78, 5) is 40.5. The molecule has 0 saturated carbocycles. The lowest BCUT2D eigenvalue weighted by Crippen LogP contribution is -2.33. The number of benzene rings is 1. The summed E-state index contributed by atoms with van der Waals surface area (Å²) in [7, 11) is -11.0. The second kappa shape index (κ2) is 6.90. The SMILES string of the molecule is O=P(O)(O)C(O)(Cn1cnc(CCc2ccccc2)c1)P(=O)(O)O. The highest BCUT2D eigenvalue weighted by atomic mass is 31.2. The standard InChI is InChI=1S/C13H18N2O7P2/c16-13(23(17,18)19,24(20,21)22)9-15-8-12(14-10-15)7-6-11-4-2-1-3-5-11/h1-5,8,10,16H,6-7,9H2,(H2,17,18,19)(H2,20,21,22). The number of hydrogen-bond acceptors (Lipinski definition) is 4. The van der Waals surface area contributed by atoms with Gasteiger partial charge in [-0.25, -0.2) is 4.98 Å². The van der Waals surface area contributed by atoms with Crippen LogP contribution in [0.5, 0.6) is 0 Å². The van der Waals surface area contributed by atoms with Crippen LogP contribution in [0.1, 0.15) is 11.3 Å². The lowest BCUT2D eigenvalue weighted by atomic mass is 10.1. The van der Waals surface area contributed by atoms with E-state index in [1.54, 1.807) is 0 Å². The van der Waals surface area contributed by atoms with Crippen molar-refractivity contribution < 1.29 is 33.8 Å². The molecule has 24 heavy (non-hydrogen) atoms. The van der Waals surface area contributed by atoms with E-state index < -0.39 is 26.8 Å². The Morgan fingerprint density at radius 1 is 1.00 bits per heavy atom. The summed E-state index contributed by atoms with van der Waals surface area (Å²) >= 11 is 0. The third-order valence-electron chi connectivity index (χ3n) is 3.53. The molecule has 132 valence electrons. The van der Waals surface area contributed by atoms with Gasteiger partial charge in [0.25, 0.3) is 5.08 Å². The molecule has 2 rings (SSSR count). The average molecular weight is 376 g/mol. The minimum Gasteiger partial charge on any atom is -0.366 e. The van der Waals surface area contributed by atoms with E-state index in [-0.39, 0.29) is 0 Å². The normalized spacial score (nSPS) is 13.2. The van der Waals surface area contributed by atoms with Gasteiger partial charge in [0.05, 0.1) is 18.6 Å². The molecule has 9 nitrogen and oxygen atoms in total. The van der Waals surface area contributed by atoms with E-state index in [1.807, 2.05) is 30.3 Å². The van der Waals surface area contributed by atoms with E-state index in [2.05, 4.69) is 4.98 Å². The topological polar surface area (TPSA) is 153 Å². The molecule has 0 aliphatic carbocycles. The van der Waals surface area contributed by atoms with E-state index in [0.717, 1.165) is 16.5 Å². The van der Waals surface area contributed by atoms with E-state index >= 15 is 0 Å². The average Bonchev–Trinajstić information content (AvgIpc) is 2.91. The first-order chi connectivity index (χ1) is 11.0. The molecule has 0 bridgehead atoms. The molecule has 0 spiro atoms. The van der Waals surface area contributed by atoms with Crippen LogP contribution < -0.4 is 0 Å². The number of aryl methyl sites for hydroxylation is 2. The predicted molar refractivity (Wildman–Crippen MR) is 85.1 cm³/mol. The Morgan fingerprint density at radius 2 is 1.58 bits per heavy atom. The van der Waals surface area contributed by atoms with Crippen LogP contribution in [-0.4, -0.2) is 39.3 Å². The minimum atomic E-state index is -5.48. The summed E-state index contributed by atoms with van der Waals surface area (Å²) in [6.45, 7) is -0.972. The summed E-state index contributed by atoms with van der Waals surface area (Å²) < 4.78 is 23.7. The molecular weight excluding hydrogens is 358 g/mol. The third kappa shape index (κ3) is 4.20. The molecule has 0 saturated heterocycles. The molecule has 1 aromatic carbocycles. The first kappa shape index (κ1) is 19.0. The fraction of sp³-hybridized carbons (Fsp3) is 0.308. The number of aliphatic hydroxyl groups is 1. The van der Waals surface area contributed by atoms with Crippen LogP contribution in [0.3, 0.4) is 0 Å². The Hall–Kier alpha value is -1.31. The summed E-state index contributed by atoms with van der Waals surface area (Å²) in [6.07, 6.45) is 3.76. The fourth-order valence-electron chi connectivity index (χ4n) is 2.14. The molecular formula is C13H18N2O7P2. The van der Waals surface area contributed by atoms with Crippen LogP contribution in [0.25, 0.3) is 0 Å². The number of rotatable bonds is 7. The predicted octanol–water partition coefficient (Wildman–Crippen LogP) is 0.670. The Bertz CT molecular complexity index is 759. The molecule has 5 N–H and O–H groups in total. The summed E-state index contributed by atoms with van der Waals surface area (Å²) in [5, 5.41) is 6.39. The van der Waals surface area contributed by atoms with E-state index in [0.29, 0.717) is 18.5 Å². The van der Waals surface area contributed by atoms with Crippen molar-refractivity contribution in [3.05, 3.63) is 54.1 Å². The zero-order valence-corrected chi connectivity index (χ0v) is 14.3. The smallest absolute Gasteiger partial charge is 0.366 e. The molecule has 0 amide bonds. The van der Waals surface area contributed by atoms with Gasteiger partial charge in [0.1, 0.15) is 0 Å². The van der Waals surface area contributed by atoms with Gasteiger partial charge in [-0.2, -0.15) is 0 Å². The second-order valence-corrected chi connectivity index (χ2v) is 9.39. The van der Waals surface area contributed by atoms with Crippen molar-refractivity contribution in [3.8, 4) is 0 Å². The fourth-order valence-corrected chi connectivity index (χ4v) is 4.19. The lowest BCUT2D eigenvalue weighted by molar-refractivity contribution is 0.115. The van der Waals surface area contributed by atoms with Crippen LogP contribution >= 0.6 is 15.2 Å².